The lowest BCUT2D eigenvalue weighted by Crippen LogP contribution is -2.32. The van der Waals surface area contributed by atoms with Gasteiger partial charge in [0.05, 0.1) is 0 Å². The van der Waals surface area contributed by atoms with Crippen LogP contribution in [0.15, 0.2) is 180 Å². The van der Waals surface area contributed by atoms with E-state index in [1.807, 2.05) is 6.07 Å². The van der Waals surface area contributed by atoms with Crippen LogP contribution in [-0.2, 0) is 10.8 Å². The van der Waals surface area contributed by atoms with E-state index in [4.69, 9.17) is 4.42 Å². The molecule has 0 N–H and O–H groups in total. The molecular weight excluding hydrogens is 727 g/mol. The highest BCUT2D eigenvalue weighted by molar-refractivity contribution is 6.12. The Kier molecular flexibility index (Phi) is 7.10. The molecule has 60 heavy (non-hydrogen) atoms. The molecule has 1 heterocycles. The molecule has 3 unspecified atom stereocenters. The molecule has 0 amide bonds. The molecule has 2 saturated carbocycles. The molecule has 2 heteroatoms. The van der Waals surface area contributed by atoms with Crippen LogP contribution < -0.4 is 4.90 Å². The number of fused-ring (bicyclic) bond motifs is 14. The van der Waals surface area contributed by atoms with Crippen molar-refractivity contribution in [2.75, 3.05) is 4.90 Å². The van der Waals surface area contributed by atoms with E-state index < -0.39 is 0 Å². The van der Waals surface area contributed by atoms with Crippen LogP contribution in [0.25, 0.3) is 66.4 Å². The van der Waals surface area contributed by atoms with Crippen LogP contribution in [-0.4, -0.2) is 0 Å². The molecule has 0 saturated heterocycles. The van der Waals surface area contributed by atoms with Crippen molar-refractivity contribution in [2.45, 2.75) is 50.4 Å². The number of anilines is 3. The van der Waals surface area contributed by atoms with Crippen molar-refractivity contribution in [3.63, 3.8) is 0 Å². The van der Waals surface area contributed by atoms with Crippen LogP contribution in [0.1, 0.15) is 61.8 Å². The van der Waals surface area contributed by atoms with Gasteiger partial charge in [0.2, 0.25) is 0 Å². The molecule has 4 aliphatic carbocycles. The van der Waals surface area contributed by atoms with Gasteiger partial charge >= 0.3 is 0 Å². The van der Waals surface area contributed by atoms with E-state index in [9.17, 15) is 0 Å². The van der Waals surface area contributed by atoms with Gasteiger partial charge in [-0.05, 0) is 146 Å². The summed E-state index contributed by atoms with van der Waals surface area (Å²) in [6, 6.07) is 65.8. The zero-order valence-corrected chi connectivity index (χ0v) is 34.1. The molecule has 8 aromatic carbocycles. The Morgan fingerprint density at radius 3 is 1.82 bits per heavy atom. The summed E-state index contributed by atoms with van der Waals surface area (Å²) in [7, 11) is 0. The van der Waals surface area contributed by atoms with Crippen molar-refractivity contribution >= 4 is 39.0 Å². The number of hydrogen-bond acceptors (Lipinski definition) is 2. The highest BCUT2D eigenvalue weighted by atomic mass is 16.3. The molecule has 0 aliphatic heterocycles. The van der Waals surface area contributed by atoms with Crippen LogP contribution in [0.2, 0.25) is 0 Å². The average molecular weight is 772 g/mol. The SMILES string of the molecule is CC1(C)c2ccccc2-c2cccc(-c3ccc(N(c4ccc(-c5cccc6oc7ccccc7c56)cc4)c4ccc5c(c4)C4(CC6CCC4C6)c4ccccc4-5)cc3)c21. The van der Waals surface area contributed by atoms with Crippen molar-refractivity contribution < 1.29 is 4.42 Å². The lowest BCUT2D eigenvalue weighted by Gasteiger charge is -2.37. The number of para-hydroxylation sites is 1. The summed E-state index contributed by atoms with van der Waals surface area (Å²) < 4.78 is 6.30. The molecule has 2 bridgehead atoms. The van der Waals surface area contributed by atoms with Gasteiger partial charge in [-0.1, -0.05) is 148 Å². The summed E-state index contributed by atoms with van der Waals surface area (Å²) >= 11 is 0. The predicted octanol–water partition coefficient (Wildman–Crippen LogP) is 15.8. The maximum Gasteiger partial charge on any atom is 0.136 e. The Hall–Kier alpha value is -6.64. The molecule has 0 radical (unpaired) electrons. The lowest BCUT2D eigenvalue weighted by atomic mass is 9.67. The highest BCUT2D eigenvalue weighted by Crippen LogP contribution is 2.66. The van der Waals surface area contributed by atoms with E-state index in [0.717, 1.165) is 33.8 Å². The Morgan fingerprint density at radius 2 is 1.07 bits per heavy atom. The molecule has 4 aliphatic rings. The van der Waals surface area contributed by atoms with Crippen LogP contribution >= 0.6 is 0 Å². The van der Waals surface area contributed by atoms with Gasteiger partial charge in [-0.2, -0.15) is 0 Å². The van der Waals surface area contributed by atoms with E-state index in [-0.39, 0.29) is 10.8 Å². The van der Waals surface area contributed by atoms with Crippen molar-refractivity contribution in [3.05, 3.63) is 198 Å². The maximum atomic E-state index is 6.30. The van der Waals surface area contributed by atoms with Crippen LogP contribution in [0.4, 0.5) is 17.1 Å². The van der Waals surface area contributed by atoms with Crippen LogP contribution in [0, 0.1) is 11.8 Å². The first-order valence-electron chi connectivity index (χ1n) is 21.9. The fourth-order valence-electron chi connectivity index (χ4n) is 12.6. The van der Waals surface area contributed by atoms with E-state index in [1.165, 1.54) is 98.0 Å². The van der Waals surface area contributed by atoms with Gasteiger partial charge in [-0.3, -0.25) is 0 Å². The molecule has 2 fully saturated rings. The Bertz CT molecular complexity index is 3200. The molecule has 1 spiro atoms. The number of rotatable bonds is 5. The quantitative estimate of drug-likeness (QED) is 0.173. The van der Waals surface area contributed by atoms with Crippen molar-refractivity contribution in [1.29, 1.82) is 0 Å². The monoisotopic (exact) mass is 771 g/mol. The van der Waals surface area contributed by atoms with Crippen LogP contribution in [0.3, 0.4) is 0 Å². The van der Waals surface area contributed by atoms with E-state index >= 15 is 0 Å². The first-order valence-corrected chi connectivity index (χ1v) is 21.9. The van der Waals surface area contributed by atoms with Gasteiger partial charge in [0.1, 0.15) is 11.2 Å². The summed E-state index contributed by atoms with van der Waals surface area (Å²) in [5.74, 6) is 1.53. The topological polar surface area (TPSA) is 16.4 Å². The summed E-state index contributed by atoms with van der Waals surface area (Å²) in [5.41, 5.74) is 21.8. The average Bonchev–Trinajstić information content (AvgIpc) is 4.11. The normalized spacial score (nSPS) is 20.1. The Labute approximate surface area is 351 Å². The van der Waals surface area contributed by atoms with Gasteiger partial charge in [0, 0.05) is 38.7 Å². The summed E-state index contributed by atoms with van der Waals surface area (Å²) in [5, 5.41) is 2.32. The van der Waals surface area contributed by atoms with Crippen molar-refractivity contribution in [1.82, 2.24) is 0 Å². The maximum absolute atomic E-state index is 6.30. The molecule has 3 atom stereocenters. The third kappa shape index (κ3) is 4.65. The minimum absolute atomic E-state index is 0.0836. The number of nitrogens with zero attached hydrogens (tertiary/aromatic N) is 1. The summed E-state index contributed by atoms with van der Waals surface area (Å²) in [4.78, 5) is 2.49. The van der Waals surface area contributed by atoms with E-state index in [2.05, 4.69) is 189 Å². The molecule has 2 nitrogen and oxygen atoms in total. The largest absolute Gasteiger partial charge is 0.456 e. The minimum atomic E-state index is -0.0836. The zero-order valence-electron chi connectivity index (χ0n) is 34.1. The standard InChI is InChI=1S/C58H45NO/c1-57(2)50-17-6-3-12-46(50)48-16-9-15-44(56(48)57)38-24-29-41(30-25-38)59(40-27-22-37(23-28-40)43-14-10-20-54-55(43)49-13-5-8-19-53(49)60-54)42-31-32-47-45-11-4-7-18-51(45)58(52(47)34-42)35-36-21-26-39(58)33-36/h3-20,22-25,27-32,34,36,39H,21,26,33,35H2,1-2H3. The van der Waals surface area contributed by atoms with Gasteiger partial charge < -0.3 is 9.32 Å². The fraction of sp³-hybridized carbons (Fsp3) is 0.172. The Morgan fingerprint density at radius 1 is 0.483 bits per heavy atom. The number of furan rings is 1. The third-order valence-electron chi connectivity index (χ3n) is 15.1. The van der Waals surface area contributed by atoms with Crippen molar-refractivity contribution in [2.24, 2.45) is 11.8 Å². The minimum Gasteiger partial charge on any atom is -0.456 e. The Balaban J connectivity index is 0.954. The first-order chi connectivity index (χ1) is 29.5. The fourth-order valence-corrected chi connectivity index (χ4v) is 12.6. The second-order valence-corrected chi connectivity index (χ2v) is 18.4. The third-order valence-corrected chi connectivity index (χ3v) is 15.1. The van der Waals surface area contributed by atoms with Gasteiger partial charge in [-0.15, -0.1) is 0 Å². The second kappa shape index (κ2) is 12.4. The molecule has 13 rings (SSSR count). The zero-order chi connectivity index (χ0) is 39.7. The molecule has 288 valence electrons. The van der Waals surface area contributed by atoms with E-state index in [1.54, 1.807) is 5.56 Å². The highest BCUT2D eigenvalue weighted by Gasteiger charge is 2.56. The predicted molar refractivity (Wildman–Crippen MR) is 249 cm³/mol. The molecule has 1 aromatic heterocycles. The number of benzene rings is 8. The summed E-state index contributed by atoms with van der Waals surface area (Å²) in [6.45, 7) is 4.76. The molecule has 9 aromatic rings. The smallest absolute Gasteiger partial charge is 0.136 e. The van der Waals surface area contributed by atoms with Gasteiger partial charge in [0.15, 0.2) is 0 Å². The first kappa shape index (κ1) is 34.2. The lowest BCUT2D eigenvalue weighted by molar-refractivity contribution is 0.327. The van der Waals surface area contributed by atoms with Crippen molar-refractivity contribution in [3.8, 4) is 44.5 Å². The molecular formula is C58H45NO. The van der Waals surface area contributed by atoms with E-state index in [0.29, 0.717) is 5.92 Å². The van der Waals surface area contributed by atoms with Crippen LogP contribution in [0.5, 0.6) is 0 Å². The van der Waals surface area contributed by atoms with Gasteiger partial charge in [-0.25, -0.2) is 0 Å². The summed E-state index contributed by atoms with van der Waals surface area (Å²) in [6.07, 6.45) is 5.34. The number of hydrogen-bond donors (Lipinski definition) is 0. The second-order valence-electron chi connectivity index (χ2n) is 18.4. The van der Waals surface area contributed by atoms with Gasteiger partial charge in [0.25, 0.3) is 0 Å².